The minimum absolute atomic E-state index is 0.0330. The topological polar surface area (TPSA) is 78.9 Å². The van der Waals surface area contributed by atoms with Crippen LogP contribution < -0.4 is 4.74 Å². The fourth-order valence-corrected chi connectivity index (χ4v) is 5.67. The lowest BCUT2D eigenvalue weighted by atomic mass is 9.82. The number of carbonyl (C=O) groups excluding carboxylic acids is 1. The van der Waals surface area contributed by atoms with E-state index in [0.717, 1.165) is 11.1 Å². The number of methoxy groups -OCH3 is 1. The number of carbonyl (C=O) groups is 1. The predicted octanol–water partition coefficient (Wildman–Crippen LogP) is 3.51. The molecule has 30 heavy (non-hydrogen) atoms. The lowest BCUT2D eigenvalue weighted by Gasteiger charge is -2.33. The molecule has 2 aromatic rings. The van der Waals surface area contributed by atoms with Crippen LogP contribution in [0, 0.1) is 5.41 Å². The summed E-state index contributed by atoms with van der Waals surface area (Å²) in [6.07, 6.45) is 1.09. The van der Waals surface area contributed by atoms with E-state index in [1.807, 2.05) is 54.6 Å². The van der Waals surface area contributed by atoms with Crippen molar-refractivity contribution in [3.8, 4) is 16.9 Å². The Morgan fingerprint density at radius 1 is 1.00 bits per heavy atom. The molecule has 1 fully saturated rings. The molecule has 2 aromatic carbocycles. The number of benzene rings is 2. The normalized spacial score (nSPS) is 16.0. The molecule has 0 aliphatic carbocycles. The zero-order valence-corrected chi connectivity index (χ0v) is 18.0. The van der Waals surface area contributed by atoms with E-state index in [9.17, 15) is 13.2 Å². The molecule has 1 aliphatic rings. The van der Waals surface area contributed by atoms with Gasteiger partial charge in [0.05, 0.1) is 30.6 Å². The highest BCUT2D eigenvalue weighted by molar-refractivity contribution is 7.91. The minimum Gasteiger partial charge on any atom is -0.494 e. The largest absolute Gasteiger partial charge is 0.494 e. The van der Waals surface area contributed by atoms with Gasteiger partial charge in [-0.15, -0.1) is 0 Å². The van der Waals surface area contributed by atoms with Crippen LogP contribution in [-0.4, -0.2) is 52.8 Å². The van der Waals surface area contributed by atoms with E-state index in [-0.39, 0.29) is 18.1 Å². The maximum absolute atomic E-state index is 12.6. The van der Waals surface area contributed by atoms with Gasteiger partial charge in [-0.2, -0.15) is 0 Å². The second-order valence-corrected chi connectivity index (χ2v) is 9.75. The Morgan fingerprint density at radius 3 is 2.27 bits per heavy atom. The van der Waals surface area contributed by atoms with Crippen LogP contribution in [0.1, 0.15) is 19.3 Å². The zero-order valence-electron chi connectivity index (χ0n) is 17.2. The third kappa shape index (κ3) is 5.83. The molecule has 0 saturated carbocycles. The maximum atomic E-state index is 12.6. The Hall–Kier alpha value is -2.38. The number of hydrogen-bond acceptors (Lipinski definition) is 6. The quantitative estimate of drug-likeness (QED) is 0.446. The number of esters is 1. The van der Waals surface area contributed by atoms with E-state index >= 15 is 0 Å². The summed E-state index contributed by atoms with van der Waals surface area (Å²) in [5.74, 6) is -0.0112. The molecule has 0 atom stereocenters. The highest BCUT2D eigenvalue weighted by atomic mass is 32.2. The standard InChI is InChI=1S/C23H28O6S/c1-27-22(24)23(12-15-28-16-13-23)18-30(25,26)17-5-14-29-21-10-8-20(9-11-21)19-6-3-2-4-7-19/h2-4,6-11H,5,12-18H2,1H3. The minimum atomic E-state index is -3.43. The summed E-state index contributed by atoms with van der Waals surface area (Å²) in [5, 5.41) is 0. The molecule has 0 spiro atoms. The van der Waals surface area contributed by atoms with E-state index in [4.69, 9.17) is 14.2 Å². The van der Waals surface area contributed by atoms with Gasteiger partial charge in [0, 0.05) is 13.2 Å². The van der Waals surface area contributed by atoms with Crippen LogP contribution in [0.15, 0.2) is 54.6 Å². The zero-order chi connectivity index (χ0) is 21.5. The molecular weight excluding hydrogens is 404 g/mol. The Bertz CT molecular complexity index is 916. The van der Waals surface area contributed by atoms with Gasteiger partial charge in [-0.3, -0.25) is 4.79 Å². The van der Waals surface area contributed by atoms with Gasteiger partial charge in [-0.25, -0.2) is 8.42 Å². The molecule has 1 saturated heterocycles. The van der Waals surface area contributed by atoms with Gasteiger partial charge < -0.3 is 14.2 Å². The predicted molar refractivity (Wildman–Crippen MR) is 115 cm³/mol. The molecular formula is C23H28O6S. The van der Waals surface area contributed by atoms with Crippen molar-refractivity contribution in [1.82, 2.24) is 0 Å². The molecule has 6 nitrogen and oxygen atoms in total. The summed E-state index contributed by atoms with van der Waals surface area (Å²) >= 11 is 0. The molecule has 0 aromatic heterocycles. The van der Waals surface area contributed by atoms with Crippen molar-refractivity contribution in [2.24, 2.45) is 5.41 Å². The number of ether oxygens (including phenoxy) is 3. The molecule has 1 aliphatic heterocycles. The van der Waals surface area contributed by atoms with Gasteiger partial charge in [0.15, 0.2) is 9.84 Å². The van der Waals surface area contributed by atoms with Crippen LogP contribution in [0.3, 0.4) is 0 Å². The van der Waals surface area contributed by atoms with Crippen LogP contribution in [0.5, 0.6) is 5.75 Å². The first kappa shape index (κ1) is 22.3. The van der Waals surface area contributed by atoms with Crippen molar-refractivity contribution in [3.63, 3.8) is 0 Å². The first-order valence-electron chi connectivity index (χ1n) is 10.1. The van der Waals surface area contributed by atoms with Crippen LogP contribution in [-0.2, 0) is 24.1 Å². The SMILES string of the molecule is COC(=O)C1(CS(=O)(=O)CCCOc2ccc(-c3ccccc3)cc2)CCOCC1. The molecule has 0 bridgehead atoms. The van der Waals surface area contributed by atoms with Gasteiger partial charge in [0.1, 0.15) is 5.75 Å². The summed E-state index contributed by atoms with van der Waals surface area (Å²) in [5.41, 5.74) is 1.22. The highest BCUT2D eigenvalue weighted by Gasteiger charge is 2.44. The van der Waals surface area contributed by atoms with E-state index in [2.05, 4.69) is 0 Å². The van der Waals surface area contributed by atoms with E-state index < -0.39 is 21.2 Å². The number of rotatable bonds is 9. The van der Waals surface area contributed by atoms with Crippen molar-refractivity contribution in [2.75, 3.05) is 38.4 Å². The Kier molecular flexibility index (Phi) is 7.50. The lowest BCUT2D eigenvalue weighted by molar-refractivity contribution is -0.156. The van der Waals surface area contributed by atoms with Crippen LogP contribution in [0.4, 0.5) is 0 Å². The molecule has 7 heteroatoms. The van der Waals surface area contributed by atoms with Gasteiger partial charge >= 0.3 is 5.97 Å². The third-order valence-electron chi connectivity index (χ3n) is 5.39. The first-order chi connectivity index (χ1) is 14.4. The van der Waals surface area contributed by atoms with Crippen molar-refractivity contribution in [2.45, 2.75) is 19.3 Å². The summed E-state index contributed by atoms with van der Waals surface area (Å²) < 4.78 is 41.1. The van der Waals surface area contributed by atoms with Gasteiger partial charge in [0.2, 0.25) is 0 Å². The summed E-state index contributed by atoms with van der Waals surface area (Å²) in [6.45, 7) is 1.03. The van der Waals surface area contributed by atoms with Crippen LogP contribution >= 0.6 is 0 Å². The summed E-state index contributed by atoms with van der Waals surface area (Å²) in [6, 6.07) is 17.8. The Labute approximate surface area is 178 Å². The lowest BCUT2D eigenvalue weighted by Crippen LogP contribution is -2.44. The van der Waals surface area contributed by atoms with Crippen molar-refractivity contribution >= 4 is 15.8 Å². The molecule has 3 rings (SSSR count). The Balaban J connectivity index is 1.50. The molecule has 0 radical (unpaired) electrons. The fourth-order valence-electron chi connectivity index (χ4n) is 3.72. The van der Waals surface area contributed by atoms with Gasteiger partial charge in [-0.1, -0.05) is 42.5 Å². The average molecular weight is 433 g/mol. The number of hydrogen-bond donors (Lipinski definition) is 0. The average Bonchev–Trinajstić information content (AvgIpc) is 2.77. The van der Waals surface area contributed by atoms with E-state index in [1.165, 1.54) is 7.11 Å². The molecule has 0 unspecified atom stereocenters. The third-order valence-corrected chi connectivity index (χ3v) is 7.30. The maximum Gasteiger partial charge on any atom is 0.313 e. The van der Waals surface area contributed by atoms with Crippen molar-refractivity contribution < 1.29 is 27.4 Å². The molecule has 1 heterocycles. The van der Waals surface area contributed by atoms with Gasteiger partial charge in [-0.05, 0) is 42.5 Å². The molecule has 0 amide bonds. The van der Waals surface area contributed by atoms with E-state index in [0.29, 0.717) is 38.2 Å². The van der Waals surface area contributed by atoms with Crippen LogP contribution in [0.25, 0.3) is 11.1 Å². The summed E-state index contributed by atoms with van der Waals surface area (Å²) in [7, 11) is -2.13. The summed E-state index contributed by atoms with van der Waals surface area (Å²) in [4.78, 5) is 12.2. The van der Waals surface area contributed by atoms with Crippen molar-refractivity contribution in [3.05, 3.63) is 54.6 Å². The van der Waals surface area contributed by atoms with Crippen LogP contribution in [0.2, 0.25) is 0 Å². The van der Waals surface area contributed by atoms with Gasteiger partial charge in [0.25, 0.3) is 0 Å². The number of sulfone groups is 1. The smallest absolute Gasteiger partial charge is 0.313 e. The van der Waals surface area contributed by atoms with Crippen molar-refractivity contribution in [1.29, 1.82) is 0 Å². The first-order valence-corrected chi connectivity index (χ1v) is 11.9. The molecule has 162 valence electrons. The Morgan fingerprint density at radius 2 is 1.63 bits per heavy atom. The second-order valence-electron chi connectivity index (χ2n) is 7.57. The highest BCUT2D eigenvalue weighted by Crippen LogP contribution is 2.34. The fraction of sp³-hybridized carbons (Fsp3) is 0.435. The monoisotopic (exact) mass is 432 g/mol. The molecule has 0 N–H and O–H groups in total. The van der Waals surface area contributed by atoms with E-state index in [1.54, 1.807) is 0 Å². The second kappa shape index (κ2) is 10.1.